The first-order valence-electron chi connectivity index (χ1n) is 8.18. The number of urea groups is 1. The molecule has 1 aliphatic rings. The third kappa shape index (κ3) is 7.12. The SMILES string of the molecule is CC(C)(C)NC(=O)N(Cc1cc(Cl)ccc1OS(C)(=O)=O)CC1CC1. The van der Waals surface area contributed by atoms with E-state index >= 15 is 0 Å². The van der Waals surface area contributed by atoms with Gasteiger partial charge < -0.3 is 14.4 Å². The standard InChI is InChI=1S/C17H25ClN2O4S/c1-17(2,3)19-16(21)20(10-12-5-6-12)11-13-9-14(18)7-8-15(13)24-25(4,22)23/h7-9,12H,5-6,10-11H2,1-4H3,(H,19,21). The Morgan fingerprint density at radius 2 is 2.00 bits per heavy atom. The van der Waals surface area contributed by atoms with Crippen LogP contribution in [0.5, 0.6) is 5.75 Å². The smallest absolute Gasteiger partial charge is 0.318 e. The Morgan fingerprint density at radius 1 is 1.36 bits per heavy atom. The van der Waals surface area contributed by atoms with Crippen LogP contribution in [0.1, 0.15) is 39.2 Å². The van der Waals surface area contributed by atoms with Crippen LogP contribution in [0.25, 0.3) is 0 Å². The predicted molar refractivity (Wildman–Crippen MR) is 98.3 cm³/mol. The molecule has 2 rings (SSSR count). The molecule has 6 nitrogen and oxygen atoms in total. The summed E-state index contributed by atoms with van der Waals surface area (Å²) in [5.74, 6) is 0.681. The van der Waals surface area contributed by atoms with Gasteiger partial charge in [0, 0.05) is 22.7 Å². The summed E-state index contributed by atoms with van der Waals surface area (Å²) in [6.07, 6.45) is 3.18. The number of halogens is 1. The first-order valence-corrected chi connectivity index (χ1v) is 10.4. The third-order valence-electron chi connectivity index (χ3n) is 3.57. The molecule has 0 aliphatic heterocycles. The highest BCUT2D eigenvalue weighted by atomic mass is 35.5. The highest BCUT2D eigenvalue weighted by molar-refractivity contribution is 7.86. The Kier molecular flexibility index (Phi) is 5.89. The second-order valence-corrected chi connectivity index (χ2v) is 9.55. The minimum Gasteiger partial charge on any atom is -0.382 e. The van der Waals surface area contributed by atoms with Crippen LogP contribution in [-0.4, -0.2) is 37.7 Å². The maximum atomic E-state index is 12.6. The summed E-state index contributed by atoms with van der Waals surface area (Å²) in [6, 6.07) is 4.51. The molecule has 25 heavy (non-hydrogen) atoms. The van der Waals surface area contributed by atoms with Crippen LogP contribution < -0.4 is 9.50 Å². The fourth-order valence-electron chi connectivity index (χ4n) is 2.35. The Hall–Kier alpha value is -1.47. The van der Waals surface area contributed by atoms with E-state index in [1.54, 1.807) is 17.0 Å². The van der Waals surface area contributed by atoms with Crippen LogP contribution >= 0.6 is 11.6 Å². The molecule has 0 unspecified atom stereocenters. The number of nitrogens with zero attached hydrogens (tertiary/aromatic N) is 1. The molecule has 8 heteroatoms. The van der Waals surface area contributed by atoms with Gasteiger partial charge in [-0.2, -0.15) is 8.42 Å². The molecule has 0 radical (unpaired) electrons. The molecule has 1 aromatic rings. The molecular weight excluding hydrogens is 364 g/mol. The Labute approximate surface area is 154 Å². The average molecular weight is 389 g/mol. The Morgan fingerprint density at radius 3 is 2.52 bits per heavy atom. The molecule has 1 fully saturated rings. The van der Waals surface area contributed by atoms with Crippen molar-refractivity contribution in [3.63, 3.8) is 0 Å². The number of benzene rings is 1. The molecule has 0 saturated heterocycles. The molecule has 0 atom stereocenters. The summed E-state index contributed by atoms with van der Waals surface area (Å²) >= 11 is 6.05. The van der Waals surface area contributed by atoms with E-state index in [9.17, 15) is 13.2 Å². The lowest BCUT2D eigenvalue weighted by atomic mass is 10.1. The normalized spacial score (nSPS) is 14.9. The van der Waals surface area contributed by atoms with Gasteiger partial charge in [0.05, 0.1) is 12.8 Å². The molecule has 140 valence electrons. The maximum Gasteiger partial charge on any atom is 0.318 e. The second kappa shape index (κ2) is 7.41. The first kappa shape index (κ1) is 19.8. The van der Waals surface area contributed by atoms with Crippen LogP contribution in [-0.2, 0) is 16.7 Å². The predicted octanol–water partition coefficient (Wildman–Crippen LogP) is 3.40. The van der Waals surface area contributed by atoms with E-state index in [4.69, 9.17) is 15.8 Å². The van der Waals surface area contributed by atoms with Crippen molar-refractivity contribution in [1.82, 2.24) is 10.2 Å². The van der Waals surface area contributed by atoms with Crippen LogP contribution in [0.2, 0.25) is 5.02 Å². The van der Waals surface area contributed by atoms with E-state index in [-0.39, 0.29) is 23.9 Å². The van der Waals surface area contributed by atoms with Crippen molar-refractivity contribution in [1.29, 1.82) is 0 Å². The highest BCUT2D eigenvalue weighted by Gasteiger charge is 2.29. The van der Waals surface area contributed by atoms with Crippen molar-refractivity contribution < 1.29 is 17.4 Å². The zero-order valence-corrected chi connectivity index (χ0v) is 16.6. The minimum atomic E-state index is -3.67. The fourth-order valence-corrected chi connectivity index (χ4v) is 3.04. The van der Waals surface area contributed by atoms with Gasteiger partial charge in [0.2, 0.25) is 0 Å². The first-order chi connectivity index (χ1) is 11.4. The van der Waals surface area contributed by atoms with E-state index in [1.807, 2.05) is 20.8 Å². The topological polar surface area (TPSA) is 75.7 Å². The molecule has 0 heterocycles. The lowest BCUT2D eigenvalue weighted by molar-refractivity contribution is 0.183. The highest BCUT2D eigenvalue weighted by Crippen LogP contribution is 2.32. The lowest BCUT2D eigenvalue weighted by Crippen LogP contribution is -2.48. The summed E-state index contributed by atoms with van der Waals surface area (Å²) in [5.41, 5.74) is 0.196. The third-order valence-corrected chi connectivity index (χ3v) is 4.29. The van der Waals surface area contributed by atoms with Gasteiger partial charge in [0.25, 0.3) is 0 Å². The van der Waals surface area contributed by atoms with E-state index < -0.39 is 10.1 Å². The minimum absolute atomic E-state index is 0.190. The monoisotopic (exact) mass is 388 g/mol. The molecular formula is C17H25ClN2O4S. The summed E-state index contributed by atoms with van der Waals surface area (Å²) in [6.45, 7) is 6.59. The van der Waals surface area contributed by atoms with E-state index in [1.165, 1.54) is 6.07 Å². The van der Waals surface area contributed by atoms with Crippen molar-refractivity contribution >= 4 is 27.8 Å². The largest absolute Gasteiger partial charge is 0.382 e. The summed E-state index contributed by atoms with van der Waals surface area (Å²) in [4.78, 5) is 14.3. The van der Waals surface area contributed by atoms with Crippen LogP contribution in [0.15, 0.2) is 18.2 Å². The van der Waals surface area contributed by atoms with Gasteiger partial charge in [-0.1, -0.05) is 11.6 Å². The van der Waals surface area contributed by atoms with Crippen LogP contribution in [0.3, 0.4) is 0 Å². The van der Waals surface area contributed by atoms with Crippen molar-refractivity contribution in [2.45, 2.75) is 45.7 Å². The van der Waals surface area contributed by atoms with Crippen molar-refractivity contribution in [3.05, 3.63) is 28.8 Å². The average Bonchev–Trinajstić information content (AvgIpc) is 3.21. The van der Waals surface area contributed by atoms with E-state index in [2.05, 4.69) is 5.32 Å². The van der Waals surface area contributed by atoms with Gasteiger partial charge in [-0.15, -0.1) is 0 Å². The molecule has 0 bridgehead atoms. The molecule has 1 saturated carbocycles. The quantitative estimate of drug-likeness (QED) is 0.758. The lowest BCUT2D eigenvalue weighted by Gasteiger charge is -2.29. The fraction of sp³-hybridized carbons (Fsp3) is 0.588. The Balaban J connectivity index is 2.25. The van der Waals surface area contributed by atoms with Gasteiger partial charge in [0.1, 0.15) is 5.75 Å². The van der Waals surface area contributed by atoms with E-state index in [0.29, 0.717) is 23.0 Å². The number of rotatable bonds is 6. The Bertz CT molecular complexity index is 740. The van der Waals surface area contributed by atoms with Crippen molar-refractivity contribution in [2.75, 3.05) is 12.8 Å². The number of carbonyl (C=O) groups excluding carboxylic acids is 1. The van der Waals surface area contributed by atoms with Gasteiger partial charge >= 0.3 is 16.1 Å². The molecule has 1 aliphatic carbocycles. The zero-order valence-electron chi connectivity index (χ0n) is 15.0. The summed E-state index contributed by atoms with van der Waals surface area (Å²) in [5, 5.41) is 3.41. The van der Waals surface area contributed by atoms with E-state index in [0.717, 1.165) is 19.1 Å². The van der Waals surface area contributed by atoms with Crippen molar-refractivity contribution in [3.8, 4) is 5.75 Å². The molecule has 0 aromatic heterocycles. The second-order valence-electron chi connectivity index (χ2n) is 7.54. The van der Waals surface area contributed by atoms with Gasteiger partial charge in [-0.05, 0) is 57.7 Å². The van der Waals surface area contributed by atoms with Gasteiger partial charge in [0.15, 0.2) is 0 Å². The number of hydrogen-bond acceptors (Lipinski definition) is 4. The number of nitrogens with one attached hydrogen (secondary N) is 1. The number of amides is 2. The molecule has 0 spiro atoms. The summed E-state index contributed by atoms with van der Waals surface area (Å²) < 4.78 is 28.0. The number of hydrogen-bond donors (Lipinski definition) is 1. The molecule has 2 amide bonds. The summed E-state index contributed by atoms with van der Waals surface area (Å²) in [7, 11) is -3.67. The molecule has 1 aromatic carbocycles. The van der Waals surface area contributed by atoms with Crippen LogP contribution in [0, 0.1) is 5.92 Å². The van der Waals surface area contributed by atoms with Gasteiger partial charge in [-0.3, -0.25) is 0 Å². The number of carbonyl (C=O) groups is 1. The van der Waals surface area contributed by atoms with Crippen molar-refractivity contribution in [2.24, 2.45) is 5.92 Å². The van der Waals surface area contributed by atoms with Gasteiger partial charge in [-0.25, -0.2) is 4.79 Å². The van der Waals surface area contributed by atoms with Crippen LogP contribution in [0.4, 0.5) is 4.79 Å². The molecule has 1 N–H and O–H groups in total. The maximum absolute atomic E-state index is 12.6. The zero-order chi connectivity index (χ0) is 18.8.